The number of hydrogen-bond acceptors (Lipinski definition) is 3. The molecule has 2 amide bonds. The summed E-state index contributed by atoms with van der Waals surface area (Å²) in [6, 6.07) is 28.4. The minimum atomic E-state index is -0.246. The molecule has 0 spiro atoms. The highest BCUT2D eigenvalue weighted by Crippen LogP contribution is 2.27. The molecule has 3 aromatic rings. The van der Waals surface area contributed by atoms with E-state index in [1.165, 1.54) is 42.5 Å². The molecule has 0 aromatic heterocycles. The lowest BCUT2D eigenvalue weighted by atomic mass is 9.90. The van der Waals surface area contributed by atoms with Crippen molar-refractivity contribution in [3.63, 3.8) is 0 Å². The molecule has 1 heterocycles. The van der Waals surface area contributed by atoms with E-state index in [4.69, 9.17) is 5.26 Å². The van der Waals surface area contributed by atoms with Crippen molar-refractivity contribution in [3.8, 4) is 6.07 Å². The van der Waals surface area contributed by atoms with Crippen LogP contribution in [0.5, 0.6) is 0 Å². The van der Waals surface area contributed by atoms with Gasteiger partial charge in [-0.05, 0) is 85.9 Å². The number of nitrogens with zero attached hydrogens (tertiary/aromatic N) is 2. The van der Waals surface area contributed by atoms with Crippen LogP contribution < -0.4 is 15.5 Å². The molecule has 35 heavy (non-hydrogen) atoms. The molecule has 0 unspecified atom stereocenters. The van der Waals surface area contributed by atoms with Crippen LogP contribution in [0.4, 0.5) is 16.2 Å². The highest BCUT2D eigenvalue weighted by atomic mass is 16.2. The Balaban J connectivity index is 1.17. The number of nitriles is 1. The van der Waals surface area contributed by atoms with Gasteiger partial charge in [-0.15, -0.1) is 0 Å². The molecule has 1 fully saturated rings. The molecule has 1 saturated heterocycles. The summed E-state index contributed by atoms with van der Waals surface area (Å²) >= 11 is 0. The Morgan fingerprint density at radius 2 is 1.69 bits per heavy atom. The Morgan fingerprint density at radius 3 is 2.49 bits per heavy atom. The summed E-state index contributed by atoms with van der Waals surface area (Å²) in [6.45, 7) is 2.84. The minimum absolute atomic E-state index is 0.246. The number of rotatable bonds is 9. The number of hydrogen-bond donors (Lipinski definition) is 2. The zero-order chi connectivity index (χ0) is 24.3. The first-order valence-corrected chi connectivity index (χ1v) is 12.6. The molecule has 0 radical (unpaired) electrons. The summed E-state index contributed by atoms with van der Waals surface area (Å²) in [5, 5.41) is 14.7. The van der Waals surface area contributed by atoms with Crippen LogP contribution in [0.1, 0.15) is 42.4 Å². The van der Waals surface area contributed by atoms with Crippen LogP contribution >= 0.6 is 0 Å². The number of nitrogens with one attached hydrogen (secondary N) is 2. The molecule has 1 aliphatic heterocycles. The smallest absolute Gasteiger partial charge is 0.319 e. The van der Waals surface area contributed by atoms with Gasteiger partial charge in [0.15, 0.2) is 0 Å². The summed E-state index contributed by atoms with van der Waals surface area (Å²) in [4.78, 5) is 14.6. The van der Waals surface area contributed by atoms with Gasteiger partial charge >= 0.3 is 6.03 Å². The van der Waals surface area contributed by atoms with E-state index in [0.717, 1.165) is 31.8 Å². The molecule has 0 bridgehead atoms. The molecule has 4 rings (SSSR count). The van der Waals surface area contributed by atoms with Crippen LogP contribution in [-0.4, -0.2) is 25.7 Å². The van der Waals surface area contributed by atoms with Gasteiger partial charge in [-0.25, -0.2) is 4.79 Å². The van der Waals surface area contributed by atoms with E-state index in [1.54, 1.807) is 24.3 Å². The number of anilines is 2. The molecular weight excluding hydrogens is 432 g/mol. The van der Waals surface area contributed by atoms with Crippen LogP contribution in [0.2, 0.25) is 0 Å². The number of piperidine rings is 1. The van der Waals surface area contributed by atoms with Crippen LogP contribution in [0.3, 0.4) is 0 Å². The molecule has 5 nitrogen and oxygen atoms in total. The third-order valence-corrected chi connectivity index (χ3v) is 6.75. The largest absolute Gasteiger partial charge is 0.372 e. The zero-order valence-electron chi connectivity index (χ0n) is 20.2. The number of benzene rings is 3. The van der Waals surface area contributed by atoms with E-state index < -0.39 is 0 Å². The van der Waals surface area contributed by atoms with Crippen molar-refractivity contribution in [3.05, 3.63) is 95.6 Å². The van der Waals surface area contributed by atoms with Crippen molar-refractivity contribution in [2.45, 2.75) is 38.5 Å². The van der Waals surface area contributed by atoms with Crippen LogP contribution in [-0.2, 0) is 12.8 Å². The first kappa shape index (κ1) is 24.3. The number of urea groups is 1. The van der Waals surface area contributed by atoms with E-state index in [0.29, 0.717) is 17.8 Å². The van der Waals surface area contributed by atoms with Crippen LogP contribution in [0.15, 0.2) is 78.9 Å². The van der Waals surface area contributed by atoms with E-state index >= 15 is 0 Å². The molecular formula is C30H34N4O. The van der Waals surface area contributed by atoms with Gasteiger partial charge in [0, 0.05) is 31.0 Å². The maximum Gasteiger partial charge on any atom is 0.319 e. The summed E-state index contributed by atoms with van der Waals surface area (Å²) < 4.78 is 0. The molecule has 1 aliphatic rings. The van der Waals surface area contributed by atoms with Gasteiger partial charge in [-0.1, -0.05) is 48.5 Å². The molecule has 0 saturated carbocycles. The topological polar surface area (TPSA) is 68.2 Å². The van der Waals surface area contributed by atoms with Gasteiger partial charge < -0.3 is 15.5 Å². The third-order valence-electron chi connectivity index (χ3n) is 6.75. The van der Waals surface area contributed by atoms with Gasteiger partial charge in [0.2, 0.25) is 0 Å². The van der Waals surface area contributed by atoms with E-state index in [9.17, 15) is 4.79 Å². The number of amides is 2. The zero-order valence-corrected chi connectivity index (χ0v) is 20.2. The van der Waals surface area contributed by atoms with Crippen molar-refractivity contribution in [2.75, 3.05) is 29.9 Å². The molecule has 3 aromatic carbocycles. The van der Waals surface area contributed by atoms with Gasteiger partial charge in [0.05, 0.1) is 11.6 Å². The van der Waals surface area contributed by atoms with Crippen molar-refractivity contribution in [1.29, 1.82) is 5.26 Å². The standard InChI is InChI=1S/C30H34N4O/c31-23-27-10-4-12-28(21-27)33-30(35)32-18-6-11-26-9-5-13-29(22-26)34-19-16-25(17-20-34)15-14-24-7-2-1-3-8-24/h1-5,7-10,12-13,21-22,25H,6,11,14-20H2,(H2,32,33,35). The van der Waals surface area contributed by atoms with E-state index in [2.05, 4.69) is 76.2 Å². The summed E-state index contributed by atoms with van der Waals surface area (Å²) in [6.07, 6.45) is 6.77. The number of aryl methyl sites for hydroxylation is 2. The molecule has 0 aliphatic carbocycles. The maximum absolute atomic E-state index is 12.1. The Hall–Kier alpha value is -3.78. The van der Waals surface area contributed by atoms with Crippen molar-refractivity contribution in [1.82, 2.24) is 5.32 Å². The Kier molecular flexibility index (Phi) is 8.78. The normalized spacial score (nSPS) is 13.7. The average molecular weight is 467 g/mol. The quantitative estimate of drug-likeness (QED) is 0.371. The third kappa shape index (κ3) is 7.61. The first-order valence-electron chi connectivity index (χ1n) is 12.6. The van der Waals surface area contributed by atoms with Crippen molar-refractivity contribution in [2.24, 2.45) is 5.92 Å². The lowest BCUT2D eigenvalue weighted by Gasteiger charge is -2.34. The van der Waals surface area contributed by atoms with E-state index in [-0.39, 0.29) is 6.03 Å². The number of carbonyl (C=O) groups excluding carboxylic acids is 1. The second kappa shape index (κ2) is 12.6. The highest BCUT2D eigenvalue weighted by Gasteiger charge is 2.19. The minimum Gasteiger partial charge on any atom is -0.372 e. The van der Waals surface area contributed by atoms with Crippen LogP contribution in [0.25, 0.3) is 0 Å². The van der Waals surface area contributed by atoms with Gasteiger partial charge in [0.1, 0.15) is 0 Å². The van der Waals surface area contributed by atoms with Gasteiger partial charge in [-0.2, -0.15) is 5.26 Å². The fourth-order valence-corrected chi connectivity index (χ4v) is 4.74. The molecule has 180 valence electrons. The molecule has 2 N–H and O–H groups in total. The Morgan fingerprint density at radius 1 is 0.914 bits per heavy atom. The van der Waals surface area contributed by atoms with Crippen molar-refractivity contribution < 1.29 is 4.79 Å². The predicted molar refractivity (Wildman–Crippen MR) is 143 cm³/mol. The SMILES string of the molecule is N#Cc1cccc(NC(=O)NCCCc2cccc(N3CCC(CCc4ccccc4)CC3)c2)c1. The van der Waals surface area contributed by atoms with E-state index in [1.807, 2.05) is 0 Å². The maximum atomic E-state index is 12.1. The monoisotopic (exact) mass is 466 g/mol. The lowest BCUT2D eigenvalue weighted by Crippen LogP contribution is -2.33. The average Bonchev–Trinajstić information content (AvgIpc) is 2.91. The predicted octanol–water partition coefficient (Wildman–Crippen LogP) is 6.16. The Bertz CT molecular complexity index is 1130. The highest BCUT2D eigenvalue weighted by molar-refractivity contribution is 5.89. The molecule has 5 heteroatoms. The van der Waals surface area contributed by atoms with Gasteiger partial charge in [-0.3, -0.25) is 0 Å². The van der Waals surface area contributed by atoms with Crippen molar-refractivity contribution >= 4 is 17.4 Å². The number of carbonyl (C=O) groups is 1. The fourth-order valence-electron chi connectivity index (χ4n) is 4.74. The lowest BCUT2D eigenvalue weighted by molar-refractivity contribution is 0.252. The Labute approximate surface area is 208 Å². The fraction of sp³-hybridized carbons (Fsp3) is 0.333. The summed E-state index contributed by atoms with van der Waals surface area (Å²) in [7, 11) is 0. The second-order valence-corrected chi connectivity index (χ2v) is 9.30. The molecule has 0 atom stereocenters. The van der Waals surface area contributed by atoms with Crippen LogP contribution in [0, 0.1) is 17.2 Å². The second-order valence-electron chi connectivity index (χ2n) is 9.30. The summed E-state index contributed by atoms with van der Waals surface area (Å²) in [5.74, 6) is 0.814. The summed E-state index contributed by atoms with van der Waals surface area (Å²) in [5.41, 5.74) is 5.21. The first-order chi connectivity index (χ1) is 17.2. The van der Waals surface area contributed by atoms with Gasteiger partial charge in [0.25, 0.3) is 0 Å².